The third kappa shape index (κ3) is 3.87. The van der Waals surface area contributed by atoms with Crippen molar-refractivity contribution in [2.45, 2.75) is 13.1 Å². The van der Waals surface area contributed by atoms with Crippen LogP contribution in [0.2, 0.25) is 5.02 Å². The van der Waals surface area contributed by atoms with Crippen LogP contribution in [0.4, 0.5) is 0 Å². The molecule has 0 radical (unpaired) electrons. The van der Waals surface area contributed by atoms with Crippen LogP contribution in [0.25, 0.3) is 10.1 Å². The lowest BCUT2D eigenvalue weighted by Gasteiger charge is -2.34. The van der Waals surface area contributed by atoms with Crippen LogP contribution >= 0.6 is 22.9 Å². The first-order chi connectivity index (χ1) is 12.2. The highest BCUT2D eigenvalue weighted by atomic mass is 35.5. The average Bonchev–Trinajstić information content (AvgIpc) is 2.99. The summed E-state index contributed by atoms with van der Waals surface area (Å²) in [6, 6.07) is 18.4. The van der Waals surface area contributed by atoms with Crippen LogP contribution < -0.4 is 0 Å². The van der Waals surface area contributed by atoms with Gasteiger partial charge >= 0.3 is 0 Å². The predicted molar refractivity (Wildman–Crippen MR) is 104 cm³/mol. The number of halogens is 1. The molecule has 0 bridgehead atoms. The molecule has 3 aromatic rings. The van der Waals surface area contributed by atoms with E-state index in [0.717, 1.165) is 24.7 Å². The normalized spacial score (nSPS) is 15.9. The van der Waals surface area contributed by atoms with Gasteiger partial charge in [-0.25, -0.2) is 0 Å². The van der Waals surface area contributed by atoms with Gasteiger partial charge in [-0.1, -0.05) is 48.0 Å². The molecule has 1 saturated heterocycles. The Kier molecular flexibility index (Phi) is 4.75. The van der Waals surface area contributed by atoms with Gasteiger partial charge in [0.1, 0.15) is 0 Å². The van der Waals surface area contributed by atoms with Gasteiger partial charge in [-0.15, -0.1) is 11.3 Å². The Morgan fingerprint density at radius 2 is 1.84 bits per heavy atom. The highest BCUT2D eigenvalue weighted by Gasteiger charge is 2.24. The van der Waals surface area contributed by atoms with Crippen LogP contribution in [-0.2, 0) is 17.9 Å². The standard InChI is InChI=1S/C20H19ClN2OS/c21-17-7-6-16-10-18(25-19(16)11-17)13-22-8-9-23(20(24)14-22)12-15-4-2-1-3-5-15/h1-7,10-11H,8-9,12-14H2. The first-order valence-electron chi connectivity index (χ1n) is 8.39. The molecule has 1 aliphatic rings. The number of carbonyl (C=O) groups is 1. The minimum Gasteiger partial charge on any atom is -0.336 e. The SMILES string of the molecule is O=C1CN(Cc2cc3ccc(Cl)cc3s2)CCN1Cc1ccccc1. The lowest BCUT2D eigenvalue weighted by Crippen LogP contribution is -2.49. The molecule has 5 heteroatoms. The van der Waals surface area contributed by atoms with Crippen molar-refractivity contribution in [2.24, 2.45) is 0 Å². The number of piperazine rings is 1. The second kappa shape index (κ2) is 7.16. The molecule has 3 nitrogen and oxygen atoms in total. The van der Waals surface area contributed by atoms with Crippen molar-refractivity contribution in [3.63, 3.8) is 0 Å². The fraction of sp³-hybridized carbons (Fsp3) is 0.250. The molecule has 1 aromatic heterocycles. The molecule has 0 unspecified atom stereocenters. The Bertz CT molecular complexity index is 893. The lowest BCUT2D eigenvalue weighted by atomic mass is 10.2. The fourth-order valence-corrected chi connectivity index (χ4v) is 4.60. The molecule has 25 heavy (non-hydrogen) atoms. The molecule has 128 valence electrons. The molecule has 2 heterocycles. The van der Waals surface area contributed by atoms with Crippen LogP contribution in [0.1, 0.15) is 10.4 Å². The molecular formula is C20H19ClN2OS. The van der Waals surface area contributed by atoms with Crippen LogP contribution in [0.3, 0.4) is 0 Å². The number of hydrogen-bond donors (Lipinski definition) is 0. The van der Waals surface area contributed by atoms with E-state index in [9.17, 15) is 4.79 Å². The summed E-state index contributed by atoms with van der Waals surface area (Å²) >= 11 is 7.83. The Morgan fingerprint density at radius 1 is 1.00 bits per heavy atom. The van der Waals surface area contributed by atoms with Gasteiger partial charge < -0.3 is 4.90 Å². The molecule has 1 aliphatic heterocycles. The summed E-state index contributed by atoms with van der Waals surface area (Å²) in [4.78, 5) is 18.0. The number of benzene rings is 2. The van der Waals surface area contributed by atoms with Crippen molar-refractivity contribution in [1.29, 1.82) is 0 Å². The number of hydrogen-bond acceptors (Lipinski definition) is 3. The topological polar surface area (TPSA) is 23.6 Å². The predicted octanol–water partition coefficient (Wildman–Crippen LogP) is 4.40. The quantitative estimate of drug-likeness (QED) is 0.679. The van der Waals surface area contributed by atoms with Crippen molar-refractivity contribution >= 4 is 38.9 Å². The van der Waals surface area contributed by atoms with E-state index in [1.54, 1.807) is 11.3 Å². The van der Waals surface area contributed by atoms with E-state index in [-0.39, 0.29) is 5.91 Å². The molecule has 0 atom stereocenters. The van der Waals surface area contributed by atoms with Crippen LogP contribution in [0, 0.1) is 0 Å². The van der Waals surface area contributed by atoms with E-state index in [1.165, 1.54) is 20.5 Å². The maximum atomic E-state index is 12.5. The molecule has 1 fully saturated rings. The van der Waals surface area contributed by atoms with Crippen molar-refractivity contribution in [3.8, 4) is 0 Å². The zero-order valence-corrected chi connectivity index (χ0v) is 15.4. The zero-order valence-electron chi connectivity index (χ0n) is 13.8. The number of thiophene rings is 1. The first-order valence-corrected chi connectivity index (χ1v) is 9.59. The monoisotopic (exact) mass is 370 g/mol. The van der Waals surface area contributed by atoms with Crippen molar-refractivity contribution in [2.75, 3.05) is 19.6 Å². The van der Waals surface area contributed by atoms with E-state index in [0.29, 0.717) is 13.1 Å². The molecular weight excluding hydrogens is 352 g/mol. The summed E-state index contributed by atoms with van der Waals surface area (Å²) in [5.41, 5.74) is 1.19. The largest absolute Gasteiger partial charge is 0.336 e. The third-order valence-corrected chi connectivity index (χ3v) is 5.84. The van der Waals surface area contributed by atoms with Crippen molar-refractivity contribution in [1.82, 2.24) is 9.80 Å². The number of rotatable bonds is 4. The van der Waals surface area contributed by atoms with Crippen molar-refractivity contribution < 1.29 is 4.79 Å². The van der Waals surface area contributed by atoms with E-state index in [1.807, 2.05) is 35.2 Å². The Morgan fingerprint density at radius 3 is 2.64 bits per heavy atom. The van der Waals surface area contributed by atoms with Gasteiger partial charge in [-0.05, 0) is 29.1 Å². The number of carbonyl (C=O) groups excluding carboxylic acids is 1. The second-order valence-corrected chi connectivity index (χ2v) is 8.01. The van der Waals surface area contributed by atoms with Gasteiger partial charge in [0, 0.05) is 40.8 Å². The summed E-state index contributed by atoms with van der Waals surface area (Å²) in [5, 5.41) is 1.99. The smallest absolute Gasteiger partial charge is 0.237 e. The molecule has 0 spiro atoms. The minimum absolute atomic E-state index is 0.208. The van der Waals surface area contributed by atoms with Crippen LogP contribution in [0.15, 0.2) is 54.6 Å². The Hall–Kier alpha value is -1.88. The summed E-state index contributed by atoms with van der Waals surface area (Å²) < 4.78 is 1.21. The highest BCUT2D eigenvalue weighted by molar-refractivity contribution is 7.19. The maximum Gasteiger partial charge on any atom is 0.237 e. The Labute approximate surface area is 156 Å². The number of fused-ring (bicyclic) bond motifs is 1. The van der Waals surface area contributed by atoms with Crippen LogP contribution in [-0.4, -0.2) is 35.3 Å². The summed E-state index contributed by atoms with van der Waals surface area (Å²) in [5.74, 6) is 0.208. The van der Waals surface area contributed by atoms with Gasteiger partial charge in [0.25, 0.3) is 0 Å². The van der Waals surface area contributed by atoms with Gasteiger partial charge in [0.2, 0.25) is 5.91 Å². The Balaban J connectivity index is 1.39. The molecule has 2 aromatic carbocycles. The lowest BCUT2D eigenvalue weighted by molar-refractivity contribution is -0.136. The summed E-state index contributed by atoms with van der Waals surface area (Å²) in [6.07, 6.45) is 0. The fourth-order valence-electron chi connectivity index (χ4n) is 3.22. The zero-order chi connectivity index (χ0) is 17.2. The summed E-state index contributed by atoms with van der Waals surface area (Å²) in [7, 11) is 0. The number of nitrogens with zero attached hydrogens (tertiary/aromatic N) is 2. The molecule has 1 amide bonds. The maximum absolute atomic E-state index is 12.5. The van der Waals surface area contributed by atoms with E-state index >= 15 is 0 Å². The molecule has 0 N–H and O–H groups in total. The first kappa shape index (κ1) is 16.6. The molecule has 0 saturated carbocycles. The third-order valence-electron chi connectivity index (χ3n) is 4.53. The van der Waals surface area contributed by atoms with E-state index in [2.05, 4.69) is 29.2 Å². The second-order valence-electron chi connectivity index (χ2n) is 6.41. The van der Waals surface area contributed by atoms with Crippen molar-refractivity contribution in [3.05, 3.63) is 70.1 Å². The summed E-state index contributed by atoms with van der Waals surface area (Å²) in [6.45, 7) is 3.71. The molecule has 4 rings (SSSR count). The average molecular weight is 371 g/mol. The minimum atomic E-state index is 0.208. The van der Waals surface area contributed by atoms with Crippen LogP contribution in [0.5, 0.6) is 0 Å². The van der Waals surface area contributed by atoms with Gasteiger partial charge in [-0.3, -0.25) is 9.69 Å². The van der Waals surface area contributed by atoms with Gasteiger partial charge in [-0.2, -0.15) is 0 Å². The van der Waals surface area contributed by atoms with Gasteiger partial charge in [0.15, 0.2) is 0 Å². The van der Waals surface area contributed by atoms with E-state index in [4.69, 9.17) is 11.6 Å². The highest BCUT2D eigenvalue weighted by Crippen LogP contribution is 2.29. The molecule has 0 aliphatic carbocycles. The van der Waals surface area contributed by atoms with Gasteiger partial charge in [0.05, 0.1) is 6.54 Å². The van der Waals surface area contributed by atoms with E-state index < -0.39 is 0 Å². The number of amides is 1.